The highest BCUT2D eigenvalue weighted by molar-refractivity contribution is 5.98. The lowest BCUT2D eigenvalue weighted by Gasteiger charge is -2.14. The van der Waals surface area contributed by atoms with Gasteiger partial charge in [0.1, 0.15) is 0 Å². The normalized spacial score (nSPS) is 14.1. The smallest absolute Gasteiger partial charge is 0.291 e. The van der Waals surface area contributed by atoms with Gasteiger partial charge in [0, 0.05) is 11.1 Å². The molecule has 0 spiro atoms. The minimum atomic E-state index is -0.354. The van der Waals surface area contributed by atoms with Crippen LogP contribution in [0.3, 0.4) is 0 Å². The fourth-order valence-corrected chi connectivity index (χ4v) is 2.29. The van der Waals surface area contributed by atoms with E-state index < -0.39 is 0 Å². The summed E-state index contributed by atoms with van der Waals surface area (Å²) in [6, 6.07) is 7.42. The number of allylic oxidation sites excluding steroid dienone is 1. The number of nitrogens with one attached hydrogen (secondary N) is 2. The lowest BCUT2D eigenvalue weighted by atomic mass is 9.92. The molecule has 2 aromatic rings. The molecular formula is C19H22N4O3. The molecule has 1 amide bonds. The van der Waals surface area contributed by atoms with Crippen LogP contribution < -0.4 is 14.9 Å². The molecule has 1 aliphatic rings. The Morgan fingerprint density at radius 3 is 2.77 bits per heavy atom. The van der Waals surface area contributed by atoms with Crippen molar-refractivity contribution < 1.29 is 14.3 Å². The van der Waals surface area contributed by atoms with Gasteiger partial charge in [0.2, 0.25) is 6.79 Å². The van der Waals surface area contributed by atoms with Crippen LogP contribution in [0.1, 0.15) is 49.4 Å². The molecule has 0 radical (unpaired) electrons. The second kappa shape index (κ2) is 7.03. The summed E-state index contributed by atoms with van der Waals surface area (Å²) in [6.45, 7) is 8.19. The standard InChI is InChI=1S/C19H22N4O3/c1-12(5-6-13-7-8-15-16(9-13)26-11-25-15)20-23-18(24)14-10-17(22-21-14)19(2,3)4/h5-10H,11H2,1-4H3,(H,21,22)(H,23,24)/b6-5+,20-12-. The van der Waals surface area contributed by atoms with E-state index in [-0.39, 0.29) is 18.1 Å². The third kappa shape index (κ3) is 4.11. The Kier molecular flexibility index (Phi) is 4.79. The Hall–Kier alpha value is -3.09. The molecule has 0 unspecified atom stereocenters. The van der Waals surface area contributed by atoms with Gasteiger partial charge in [0.05, 0.1) is 5.71 Å². The third-order valence-electron chi connectivity index (χ3n) is 3.87. The first-order chi connectivity index (χ1) is 12.3. The molecule has 1 aromatic heterocycles. The summed E-state index contributed by atoms with van der Waals surface area (Å²) < 4.78 is 10.6. The maximum Gasteiger partial charge on any atom is 0.291 e. The van der Waals surface area contributed by atoms with E-state index in [1.807, 2.05) is 51.1 Å². The second-order valence-corrected chi connectivity index (χ2v) is 7.06. The van der Waals surface area contributed by atoms with E-state index in [0.29, 0.717) is 11.4 Å². The molecule has 26 heavy (non-hydrogen) atoms. The molecule has 136 valence electrons. The maximum absolute atomic E-state index is 12.1. The van der Waals surface area contributed by atoms with Crippen LogP contribution in [0.25, 0.3) is 6.08 Å². The van der Waals surface area contributed by atoms with E-state index in [1.165, 1.54) is 0 Å². The zero-order valence-corrected chi connectivity index (χ0v) is 15.3. The number of H-pyrrole nitrogens is 1. The number of hydrazone groups is 1. The molecule has 2 heterocycles. The van der Waals surface area contributed by atoms with Crippen molar-refractivity contribution in [2.45, 2.75) is 33.1 Å². The Morgan fingerprint density at radius 1 is 1.27 bits per heavy atom. The van der Waals surface area contributed by atoms with E-state index in [0.717, 1.165) is 22.8 Å². The van der Waals surface area contributed by atoms with Gasteiger partial charge in [-0.3, -0.25) is 9.89 Å². The lowest BCUT2D eigenvalue weighted by Crippen LogP contribution is -2.19. The molecule has 0 bridgehead atoms. The molecule has 3 rings (SSSR count). The highest BCUT2D eigenvalue weighted by atomic mass is 16.7. The largest absolute Gasteiger partial charge is 0.454 e. The molecule has 0 saturated heterocycles. The molecule has 1 aliphatic heterocycles. The van der Waals surface area contributed by atoms with Crippen LogP contribution in [0.15, 0.2) is 35.4 Å². The number of hydrogen-bond acceptors (Lipinski definition) is 5. The third-order valence-corrected chi connectivity index (χ3v) is 3.87. The fourth-order valence-electron chi connectivity index (χ4n) is 2.29. The van der Waals surface area contributed by atoms with E-state index in [2.05, 4.69) is 20.7 Å². The fraction of sp³-hybridized carbons (Fsp3) is 0.316. The van der Waals surface area contributed by atoms with E-state index in [9.17, 15) is 4.79 Å². The zero-order valence-electron chi connectivity index (χ0n) is 15.3. The molecule has 2 N–H and O–H groups in total. The van der Waals surface area contributed by atoms with Gasteiger partial charge in [-0.15, -0.1) is 0 Å². The topological polar surface area (TPSA) is 88.6 Å². The zero-order chi connectivity index (χ0) is 18.7. The quantitative estimate of drug-likeness (QED) is 0.651. The van der Waals surface area contributed by atoms with Crippen LogP contribution in [0, 0.1) is 0 Å². The average molecular weight is 354 g/mol. The minimum Gasteiger partial charge on any atom is -0.454 e. The summed E-state index contributed by atoms with van der Waals surface area (Å²) >= 11 is 0. The van der Waals surface area contributed by atoms with Gasteiger partial charge >= 0.3 is 0 Å². The summed E-state index contributed by atoms with van der Waals surface area (Å²) in [5.41, 5.74) is 5.23. The van der Waals surface area contributed by atoms with Gasteiger partial charge in [-0.2, -0.15) is 10.2 Å². The Morgan fingerprint density at radius 2 is 2.04 bits per heavy atom. The number of rotatable bonds is 4. The predicted molar refractivity (Wildman–Crippen MR) is 99.5 cm³/mol. The first kappa shape index (κ1) is 17.7. The predicted octanol–water partition coefficient (Wildman–Crippen LogP) is 3.26. The van der Waals surface area contributed by atoms with Crippen molar-refractivity contribution in [3.05, 3.63) is 47.3 Å². The van der Waals surface area contributed by atoms with Gasteiger partial charge in [-0.1, -0.05) is 32.9 Å². The molecule has 1 aromatic carbocycles. The van der Waals surface area contributed by atoms with Crippen LogP contribution in [0.5, 0.6) is 11.5 Å². The second-order valence-electron chi connectivity index (χ2n) is 7.06. The molecule has 0 saturated carbocycles. The summed E-state index contributed by atoms with van der Waals surface area (Å²) in [4.78, 5) is 12.1. The number of benzene rings is 1. The number of fused-ring (bicyclic) bond motifs is 1. The van der Waals surface area contributed by atoms with Crippen molar-refractivity contribution in [1.29, 1.82) is 0 Å². The van der Waals surface area contributed by atoms with Gasteiger partial charge in [0.25, 0.3) is 5.91 Å². The van der Waals surface area contributed by atoms with Gasteiger partial charge < -0.3 is 9.47 Å². The molecule has 0 atom stereocenters. The molecular weight excluding hydrogens is 332 g/mol. The highest BCUT2D eigenvalue weighted by Gasteiger charge is 2.19. The minimum absolute atomic E-state index is 0.0991. The first-order valence-corrected chi connectivity index (χ1v) is 8.31. The maximum atomic E-state index is 12.1. The highest BCUT2D eigenvalue weighted by Crippen LogP contribution is 2.32. The van der Waals surface area contributed by atoms with Gasteiger partial charge in [-0.25, -0.2) is 5.43 Å². The van der Waals surface area contributed by atoms with Crippen LogP contribution in [0.2, 0.25) is 0 Å². The van der Waals surface area contributed by atoms with Crippen molar-refractivity contribution in [2.24, 2.45) is 5.10 Å². The Balaban J connectivity index is 1.61. The number of hydrogen-bond donors (Lipinski definition) is 2. The summed E-state index contributed by atoms with van der Waals surface area (Å²) in [7, 11) is 0. The number of carbonyl (C=O) groups excluding carboxylic acids is 1. The molecule has 7 heteroatoms. The van der Waals surface area contributed by atoms with E-state index in [4.69, 9.17) is 9.47 Å². The Bertz CT molecular complexity index is 875. The number of ether oxygens (including phenoxy) is 2. The van der Waals surface area contributed by atoms with Crippen molar-refractivity contribution in [2.75, 3.05) is 6.79 Å². The molecule has 7 nitrogen and oxygen atoms in total. The number of aromatic amines is 1. The van der Waals surface area contributed by atoms with Crippen molar-refractivity contribution in [3.63, 3.8) is 0 Å². The summed E-state index contributed by atoms with van der Waals surface area (Å²) in [5.74, 6) is 1.12. The van der Waals surface area contributed by atoms with E-state index in [1.54, 1.807) is 13.0 Å². The van der Waals surface area contributed by atoms with Crippen molar-refractivity contribution >= 4 is 17.7 Å². The van der Waals surface area contributed by atoms with Crippen LogP contribution in [-0.2, 0) is 5.41 Å². The Labute approximate surface area is 152 Å². The van der Waals surface area contributed by atoms with E-state index >= 15 is 0 Å². The SMILES string of the molecule is CC(/C=C/c1ccc2c(c1)OCO2)=N/NC(=O)c1cc(C(C)(C)C)[nH]n1. The lowest BCUT2D eigenvalue weighted by molar-refractivity contribution is 0.0950. The summed E-state index contributed by atoms with van der Waals surface area (Å²) in [5, 5.41) is 11.0. The molecule has 0 fully saturated rings. The average Bonchev–Trinajstić information content (AvgIpc) is 3.25. The molecule has 0 aliphatic carbocycles. The van der Waals surface area contributed by atoms with Crippen LogP contribution in [-0.4, -0.2) is 28.6 Å². The summed E-state index contributed by atoms with van der Waals surface area (Å²) in [6.07, 6.45) is 3.70. The number of nitrogens with zero attached hydrogens (tertiary/aromatic N) is 2. The van der Waals surface area contributed by atoms with Crippen molar-refractivity contribution in [3.8, 4) is 11.5 Å². The number of aromatic nitrogens is 2. The number of carbonyl (C=O) groups is 1. The van der Waals surface area contributed by atoms with Crippen molar-refractivity contribution in [1.82, 2.24) is 15.6 Å². The van der Waals surface area contributed by atoms with Crippen LogP contribution in [0.4, 0.5) is 0 Å². The monoisotopic (exact) mass is 354 g/mol. The first-order valence-electron chi connectivity index (χ1n) is 8.31. The van der Waals surface area contributed by atoms with Crippen LogP contribution >= 0.6 is 0 Å². The van der Waals surface area contributed by atoms with Gasteiger partial charge in [-0.05, 0) is 36.8 Å². The van der Waals surface area contributed by atoms with Gasteiger partial charge in [0.15, 0.2) is 17.2 Å². The number of amides is 1.